The fourth-order valence-electron chi connectivity index (χ4n) is 2.00. The summed E-state index contributed by atoms with van der Waals surface area (Å²) in [6, 6.07) is 0. The van der Waals surface area contributed by atoms with Crippen LogP contribution in [-0.2, 0) is 9.53 Å². The first kappa shape index (κ1) is 11.7. The molecule has 82 valence electrons. The Kier molecular flexibility index (Phi) is 4.55. The zero-order valence-corrected chi connectivity index (χ0v) is 9.16. The average Bonchev–Trinajstić information content (AvgIpc) is 2.19. The molecule has 0 saturated carbocycles. The Labute approximate surface area is 86.0 Å². The second-order valence-corrected chi connectivity index (χ2v) is 4.38. The van der Waals surface area contributed by atoms with Crippen LogP contribution in [0.4, 0.5) is 0 Å². The fraction of sp³-hybridized carbons (Fsp3) is 0.909. The average molecular weight is 199 g/mol. The minimum absolute atomic E-state index is 0.0399. The summed E-state index contributed by atoms with van der Waals surface area (Å²) in [7, 11) is 0. The maximum absolute atomic E-state index is 12.0. The number of rotatable bonds is 4. The largest absolute Gasteiger partial charge is 0.381 e. The van der Waals surface area contributed by atoms with Gasteiger partial charge >= 0.3 is 0 Å². The number of carbonyl (C=O) groups excluding carboxylic acids is 1. The Hall–Kier alpha value is -0.410. The van der Waals surface area contributed by atoms with Gasteiger partial charge in [0.2, 0.25) is 0 Å². The molecule has 1 heterocycles. The van der Waals surface area contributed by atoms with Crippen molar-refractivity contribution >= 4 is 5.78 Å². The van der Waals surface area contributed by atoms with Crippen molar-refractivity contribution in [1.29, 1.82) is 0 Å². The molecule has 14 heavy (non-hydrogen) atoms. The van der Waals surface area contributed by atoms with Crippen LogP contribution in [-0.4, -0.2) is 25.5 Å². The van der Waals surface area contributed by atoms with Crippen molar-refractivity contribution in [3.8, 4) is 0 Å². The number of ether oxygens (including phenoxy) is 1. The molecule has 0 amide bonds. The van der Waals surface area contributed by atoms with E-state index in [-0.39, 0.29) is 11.8 Å². The third kappa shape index (κ3) is 2.79. The summed E-state index contributed by atoms with van der Waals surface area (Å²) in [5, 5.41) is 0. The van der Waals surface area contributed by atoms with E-state index >= 15 is 0 Å². The molecule has 0 aromatic rings. The normalized spacial score (nSPS) is 21.1. The summed E-state index contributed by atoms with van der Waals surface area (Å²) >= 11 is 0. The molecule has 0 aromatic heterocycles. The van der Waals surface area contributed by atoms with Crippen LogP contribution in [0.2, 0.25) is 0 Å². The number of Topliss-reactive ketones (excluding diaryl/α,β-unsaturated/α-hetero) is 1. The lowest BCUT2D eigenvalue weighted by atomic mass is 9.82. The van der Waals surface area contributed by atoms with Gasteiger partial charge in [0, 0.05) is 31.6 Å². The Balaban J connectivity index is 2.52. The highest BCUT2D eigenvalue weighted by molar-refractivity contribution is 5.83. The SMILES string of the molecule is CC(C)C(CN)C(=O)C1CCOCC1. The second kappa shape index (κ2) is 5.47. The molecule has 1 unspecified atom stereocenters. The van der Waals surface area contributed by atoms with Gasteiger partial charge in [-0.3, -0.25) is 4.79 Å². The lowest BCUT2D eigenvalue weighted by Gasteiger charge is -2.26. The van der Waals surface area contributed by atoms with Crippen molar-refractivity contribution in [2.75, 3.05) is 19.8 Å². The molecule has 2 N–H and O–H groups in total. The Morgan fingerprint density at radius 2 is 2.00 bits per heavy atom. The smallest absolute Gasteiger partial charge is 0.140 e. The number of nitrogens with two attached hydrogens (primary N) is 1. The molecule has 1 aliphatic rings. The molecule has 0 aromatic carbocycles. The highest BCUT2D eigenvalue weighted by Crippen LogP contribution is 2.23. The van der Waals surface area contributed by atoms with Gasteiger partial charge in [0.25, 0.3) is 0 Å². The van der Waals surface area contributed by atoms with E-state index in [1.165, 1.54) is 0 Å². The van der Waals surface area contributed by atoms with E-state index < -0.39 is 0 Å². The number of ketones is 1. The molecule has 1 rings (SSSR count). The van der Waals surface area contributed by atoms with Crippen molar-refractivity contribution in [3.05, 3.63) is 0 Å². The summed E-state index contributed by atoms with van der Waals surface area (Å²) in [5.74, 6) is 0.943. The Morgan fingerprint density at radius 3 is 2.43 bits per heavy atom. The van der Waals surface area contributed by atoms with E-state index in [9.17, 15) is 4.79 Å². The van der Waals surface area contributed by atoms with Crippen LogP contribution in [0.1, 0.15) is 26.7 Å². The molecule has 1 aliphatic heterocycles. The van der Waals surface area contributed by atoms with E-state index in [0.29, 0.717) is 18.2 Å². The molecule has 3 heteroatoms. The molecular weight excluding hydrogens is 178 g/mol. The van der Waals surface area contributed by atoms with Crippen LogP contribution in [0.5, 0.6) is 0 Å². The minimum atomic E-state index is 0.0399. The van der Waals surface area contributed by atoms with Gasteiger partial charge in [-0.2, -0.15) is 0 Å². The second-order valence-electron chi connectivity index (χ2n) is 4.38. The maximum atomic E-state index is 12.0. The van der Waals surface area contributed by atoms with Crippen LogP contribution >= 0.6 is 0 Å². The molecule has 0 aliphatic carbocycles. The highest BCUT2D eigenvalue weighted by atomic mass is 16.5. The third-order valence-electron chi connectivity index (χ3n) is 3.05. The van der Waals surface area contributed by atoms with Crippen molar-refractivity contribution in [3.63, 3.8) is 0 Å². The van der Waals surface area contributed by atoms with Crippen LogP contribution in [0, 0.1) is 17.8 Å². The maximum Gasteiger partial charge on any atom is 0.140 e. The highest BCUT2D eigenvalue weighted by Gasteiger charge is 2.29. The molecule has 0 spiro atoms. The summed E-state index contributed by atoms with van der Waals surface area (Å²) in [6.45, 7) is 6.06. The number of hydrogen-bond donors (Lipinski definition) is 1. The number of carbonyl (C=O) groups is 1. The van der Waals surface area contributed by atoms with Crippen molar-refractivity contribution in [2.24, 2.45) is 23.5 Å². The fourth-order valence-corrected chi connectivity index (χ4v) is 2.00. The van der Waals surface area contributed by atoms with Gasteiger partial charge in [-0.15, -0.1) is 0 Å². The van der Waals surface area contributed by atoms with Gasteiger partial charge in [0.15, 0.2) is 0 Å². The predicted molar refractivity (Wildman–Crippen MR) is 55.9 cm³/mol. The van der Waals surface area contributed by atoms with Crippen molar-refractivity contribution in [1.82, 2.24) is 0 Å². The van der Waals surface area contributed by atoms with E-state index in [1.807, 2.05) is 0 Å². The van der Waals surface area contributed by atoms with Crippen molar-refractivity contribution in [2.45, 2.75) is 26.7 Å². The monoisotopic (exact) mass is 199 g/mol. The number of hydrogen-bond acceptors (Lipinski definition) is 3. The van der Waals surface area contributed by atoms with E-state index in [2.05, 4.69) is 13.8 Å². The standard InChI is InChI=1S/C11H21NO2/c1-8(2)10(7-12)11(13)9-3-5-14-6-4-9/h8-10H,3-7,12H2,1-2H3. The summed E-state index contributed by atoms with van der Waals surface area (Å²) in [4.78, 5) is 12.0. The van der Waals surface area contributed by atoms with Gasteiger partial charge in [-0.1, -0.05) is 13.8 Å². The zero-order valence-electron chi connectivity index (χ0n) is 9.16. The lowest BCUT2D eigenvalue weighted by molar-refractivity contribution is -0.130. The van der Waals surface area contributed by atoms with Crippen LogP contribution in [0.25, 0.3) is 0 Å². The molecule has 0 radical (unpaired) electrons. The predicted octanol–water partition coefficient (Wildman–Crippen LogP) is 1.21. The summed E-state index contributed by atoms with van der Waals surface area (Å²) in [6.07, 6.45) is 1.75. The zero-order chi connectivity index (χ0) is 10.6. The van der Waals surface area contributed by atoms with E-state index in [4.69, 9.17) is 10.5 Å². The Morgan fingerprint density at radius 1 is 1.43 bits per heavy atom. The van der Waals surface area contributed by atoms with Crippen LogP contribution in [0.15, 0.2) is 0 Å². The molecule has 0 bridgehead atoms. The molecule has 3 nitrogen and oxygen atoms in total. The molecule has 1 atom stereocenters. The van der Waals surface area contributed by atoms with Gasteiger partial charge < -0.3 is 10.5 Å². The van der Waals surface area contributed by atoms with Gasteiger partial charge in [-0.25, -0.2) is 0 Å². The Bertz CT molecular complexity index is 186. The van der Waals surface area contributed by atoms with E-state index in [0.717, 1.165) is 26.1 Å². The van der Waals surface area contributed by atoms with Gasteiger partial charge in [0.05, 0.1) is 0 Å². The van der Waals surface area contributed by atoms with Gasteiger partial charge in [0.1, 0.15) is 5.78 Å². The van der Waals surface area contributed by atoms with E-state index in [1.54, 1.807) is 0 Å². The van der Waals surface area contributed by atoms with Crippen LogP contribution < -0.4 is 5.73 Å². The topological polar surface area (TPSA) is 52.3 Å². The first-order chi connectivity index (χ1) is 6.66. The molecule has 1 fully saturated rings. The first-order valence-corrected chi connectivity index (χ1v) is 5.48. The summed E-state index contributed by atoms with van der Waals surface area (Å²) in [5.41, 5.74) is 5.63. The van der Waals surface area contributed by atoms with Gasteiger partial charge in [-0.05, 0) is 18.8 Å². The quantitative estimate of drug-likeness (QED) is 0.740. The first-order valence-electron chi connectivity index (χ1n) is 5.48. The third-order valence-corrected chi connectivity index (χ3v) is 3.05. The molecular formula is C11H21NO2. The minimum Gasteiger partial charge on any atom is -0.381 e. The van der Waals surface area contributed by atoms with Crippen LogP contribution in [0.3, 0.4) is 0 Å². The molecule has 1 saturated heterocycles. The lowest BCUT2D eigenvalue weighted by Crippen LogP contribution is -2.35. The summed E-state index contributed by atoms with van der Waals surface area (Å²) < 4.78 is 5.24. The van der Waals surface area contributed by atoms with Crippen molar-refractivity contribution < 1.29 is 9.53 Å².